The zero-order chi connectivity index (χ0) is 48.2. The van der Waals surface area contributed by atoms with Crippen molar-refractivity contribution < 1.29 is 13.5 Å². The van der Waals surface area contributed by atoms with Gasteiger partial charge in [0.1, 0.15) is 16.8 Å². The summed E-state index contributed by atoms with van der Waals surface area (Å²) in [6, 6.07) is 21.8. The Morgan fingerprint density at radius 3 is 1.59 bits per heavy atom. The van der Waals surface area contributed by atoms with Crippen LogP contribution < -0.4 is 4.74 Å². The minimum atomic E-state index is -0.867. The van der Waals surface area contributed by atoms with Gasteiger partial charge in [-0.3, -0.25) is 0 Å². The fourth-order valence-electron chi connectivity index (χ4n) is 10.6. The van der Waals surface area contributed by atoms with Crippen LogP contribution in [0.2, 0.25) is 0 Å². The number of rotatable bonds is 34. The maximum absolute atomic E-state index is 16.4. The number of nitrogens with zero attached hydrogens (tertiary/aromatic N) is 3. The Balaban J connectivity index is 1.27. The molecule has 0 saturated heterocycles. The van der Waals surface area contributed by atoms with E-state index in [9.17, 15) is 0 Å². The van der Waals surface area contributed by atoms with Crippen LogP contribution >= 0.6 is 34.4 Å². The van der Waals surface area contributed by atoms with Crippen LogP contribution in [0.3, 0.4) is 0 Å². The molecule has 7 aromatic rings. The van der Waals surface area contributed by atoms with Crippen molar-refractivity contribution in [3.63, 3.8) is 0 Å². The van der Waals surface area contributed by atoms with Crippen LogP contribution in [0.15, 0.2) is 66.0 Å². The number of thiophene rings is 2. The SMILES string of the molecule is CCCCCCCCC(CCCCCCCC)Oc1cccc2c1c1ccc(-c3ccc(-c4c(F)c(F)c(-c5cccs5)c5nsnc45)s3)cc1n2C(CCCCCCCC)CCCCCCCC. The Morgan fingerprint density at radius 2 is 1.04 bits per heavy atom. The Bertz CT molecular complexity index is 2540. The predicted octanol–water partition coefficient (Wildman–Crippen LogP) is 21.5. The maximum atomic E-state index is 16.4. The van der Waals surface area contributed by atoms with E-state index in [4.69, 9.17) is 4.74 Å². The number of hydrogen-bond acceptors (Lipinski definition) is 6. The van der Waals surface area contributed by atoms with E-state index in [0.717, 1.165) is 53.6 Å². The second kappa shape index (κ2) is 28.4. The zero-order valence-corrected chi connectivity index (χ0v) is 45.0. The minimum absolute atomic E-state index is 0.194. The zero-order valence-electron chi connectivity index (χ0n) is 42.5. The van der Waals surface area contributed by atoms with Gasteiger partial charge in [0.25, 0.3) is 0 Å². The molecular weight excluding hydrogens is 913 g/mol. The van der Waals surface area contributed by atoms with Crippen LogP contribution in [0.1, 0.15) is 214 Å². The van der Waals surface area contributed by atoms with Crippen LogP contribution in [0.25, 0.3) is 64.2 Å². The summed E-state index contributed by atoms with van der Waals surface area (Å²) in [6.07, 6.45) is 35.6. The van der Waals surface area contributed by atoms with Gasteiger partial charge >= 0.3 is 0 Å². The Labute approximate surface area is 426 Å². The highest BCUT2D eigenvalue weighted by Crippen LogP contribution is 2.46. The van der Waals surface area contributed by atoms with E-state index < -0.39 is 11.6 Å². The molecule has 0 atom stereocenters. The fraction of sp³-hybridized carbons (Fsp3) is 0.567. The summed E-state index contributed by atoms with van der Waals surface area (Å²) >= 11 is 3.88. The van der Waals surface area contributed by atoms with Crippen molar-refractivity contribution in [2.24, 2.45) is 0 Å². The average molecular weight is 995 g/mol. The van der Waals surface area contributed by atoms with E-state index in [1.165, 1.54) is 199 Å². The van der Waals surface area contributed by atoms with Crippen molar-refractivity contribution in [3.05, 3.63) is 77.7 Å². The number of unbranched alkanes of at least 4 members (excludes halogenated alkanes) is 20. The van der Waals surface area contributed by atoms with Gasteiger partial charge in [0.05, 0.1) is 40.0 Å². The van der Waals surface area contributed by atoms with E-state index in [0.29, 0.717) is 26.8 Å². The molecule has 4 aromatic heterocycles. The smallest absolute Gasteiger partial charge is 0.170 e. The third kappa shape index (κ3) is 14.1. The van der Waals surface area contributed by atoms with Crippen LogP contribution in [0.4, 0.5) is 8.78 Å². The molecule has 0 saturated carbocycles. The minimum Gasteiger partial charge on any atom is -0.490 e. The van der Waals surface area contributed by atoms with Crippen molar-refractivity contribution in [1.29, 1.82) is 0 Å². The van der Waals surface area contributed by atoms with Gasteiger partial charge in [-0.25, -0.2) is 8.78 Å². The molecule has 69 heavy (non-hydrogen) atoms. The summed E-state index contributed by atoms with van der Waals surface area (Å²) in [5.74, 6) is -0.713. The summed E-state index contributed by atoms with van der Waals surface area (Å²) in [6.45, 7) is 9.19. The number of benzene rings is 3. The molecule has 0 amide bonds. The predicted molar refractivity (Wildman–Crippen MR) is 298 cm³/mol. The van der Waals surface area contributed by atoms with Gasteiger partial charge in [-0.15, -0.1) is 22.7 Å². The van der Waals surface area contributed by atoms with Crippen molar-refractivity contribution in [2.45, 2.75) is 220 Å². The third-order valence-corrected chi connectivity index (χ3v) is 17.1. The van der Waals surface area contributed by atoms with Gasteiger partial charge in [-0.1, -0.05) is 193 Å². The standard InChI is InChI=1S/C60H81F2N3OS3/c1-5-9-13-17-21-25-31-45(32-26-22-18-14-10-6-2)65-48-35-29-36-50(66-46(33-27-23-19-15-11-7-3)34-28-24-20-16-12-8-4)54(48)47-39-38-44(43-49(47)65)51-40-41-53(68-51)56-58(62)57(61)55(52-37-30-42-67-52)59-60(56)64-69-63-59/h29-30,35-43,45-46H,5-28,31-34H2,1-4H3. The van der Waals surface area contributed by atoms with E-state index in [2.05, 4.69) is 83.5 Å². The fourth-order valence-corrected chi connectivity index (χ4v) is 13.0. The summed E-state index contributed by atoms with van der Waals surface area (Å²) in [4.78, 5) is 2.32. The van der Waals surface area contributed by atoms with E-state index >= 15 is 8.78 Å². The third-order valence-electron chi connectivity index (χ3n) is 14.5. The summed E-state index contributed by atoms with van der Waals surface area (Å²) < 4.78 is 51.5. The normalized spacial score (nSPS) is 12.1. The number of ether oxygens (including phenoxy) is 1. The Hall–Kier alpha value is -3.66. The molecule has 9 heteroatoms. The van der Waals surface area contributed by atoms with Gasteiger partial charge in [0.15, 0.2) is 11.6 Å². The molecule has 3 aromatic carbocycles. The Kier molecular flexibility index (Phi) is 21.9. The van der Waals surface area contributed by atoms with Crippen molar-refractivity contribution >= 4 is 67.2 Å². The second-order valence-electron chi connectivity index (χ2n) is 19.9. The van der Waals surface area contributed by atoms with Crippen LogP contribution in [-0.4, -0.2) is 19.4 Å². The molecule has 374 valence electrons. The van der Waals surface area contributed by atoms with Crippen LogP contribution in [0, 0.1) is 11.6 Å². The largest absolute Gasteiger partial charge is 0.490 e. The van der Waals surface area contributed by atoms with Gasteiger partial charge in [0.2, 0.25) is 0 Å². The van der Waals surface area contributed by atoms with Gasteiger partial charge in [-0.05, 0) is 85.9 Å². The lowest BCUT2D eigenvalue weighted by molar-refractivity contribution is 0.175. The first-order valence-electron chi connectivity index (χ1n) is 27.5. The van der Waals surface area contributed by atoms with Crippen molar-refractivity contribution in [3.8, 4) is 37.1 Å². The maximum Gasteiger partial charge on any atom is 0.170 e. The number of aromatic nitrogens is 3. The van der Waals surface area contributed by atoms with E-state index in [1.54, 1.807) is 0 Å². The Morgan fingerprint density at radius 1 is 0.522 bits per heavy atom. The topological polar surface area (TPSA) is 39.9 Å². The molecule has 0 radical (unpaired) electrons. The van der Waals surface area contributed by atoms with E-state index in [-0.39, 0.29) is 17.2 Å². The van der Waals surface area contributed by atoms with Crippen LogP contribution in [0.5, 0.6) is 5.75 Å². The van der Waals surface area contributed by atoms with Crippen molar-refractivity contribution in [2.75, 3.05) is 0 Å². The molecular formula is C60H81F2N3OS3. The monoisotopic (exact) mass is 994 g/mol. The molecule has 0 aliphatic rings. The first kappa shape index (κ1) is 53.1. The number of hydrogen-bond donors (Lipinski definition) is 0. The summed E-state index contributed by atoms with van der Waals surface area (Å²) in [7, 11) is 0. The molecule has 0 spiro atoms. The van der Waals surface area contributed by atoms with Gasteiger partial charge in [0, 0.05) is 31.4 Å². The molecule has 0 aliphatic heterocycles. The first-order chi connectivity index (χ1) is 34.0. The molecule has 0 N–H and O–H groups in total. The highest BCUT2D eigenvalue weighted by molar-refractivity contribution is 7.19. The lowest BCUT2D eigenvalue weighted by atomic mass is 9.99. The molecule has 4 heterocycles. The lowest BCUT2D eigenvalue weighted by Gasteiger charge is -2.23. The summed E-state index contributed by atoms with van der Waals surface area (Å²) in [5, 5.41) is 4.35. The molecule has 0 fully saturated rings. The average Bonchev–Trinajstić information content (AvgIpc) is 4.21. The molecule has 4 nitrogen and oxygen atoms in total. The molecule has 7 rings (SSSR count). The first-order valence-corrected chi connectivity index (χ1v) is 29.9. The quantitative estimate of drug-likeness (QED) is 0.0378. The molecule has 0 unspecified atom stereocenters. The number of halogens is 2. The van der Waals surface area contributed by atoms with Crippen LogP contribution in [-0.2, 0) is 0 Å². The summed E-state index contributed by atoms with van der Waals surface area (Å²) in [5.41, 5.74) is 4.81. The highest BCUT2D eigenvalue weighted by Gasteiger charge is 2.27. The van der Waals surface area contributed by atoms with E-state index in [1.807, 2.05) is 23.6 Å². The second-order valence-corrected chi connectivity index (χ2v) is 22.4. The highest BCUT2D eigenvalue weighted by atomic mass is 32.1. The lowest BCUT2D eigenvalue weighted by Crippen LogP contribution is -2.17. The number of fused-ring (bicyclic) bond motifs is 4. The van der Waals surface area contributed by atoms with Gasteiger partial charge in [-0.2, -0.15) is 8.75 Å². The van der Waals surface area contributed by atoms with Crippen molar-refractivity contribution in [1.82, 2.24) is 13.3 Å². The van der Waals surface area contributed by atoms with Gasteiger partial charge < -0.3 is 9.30 Å². The molecule has 0 aliphatic carbocycles. The molecule has 0 bridgehead atoms.